The lowest BCUT2D eigenvalue weighted by molar-refractivity contribution is -0.166. The minimum Gasteiger partial charge on any atom is -0.443 e. The molecular formula is C14H19NO4S. The van der Waals surface area contributed by atoms with Crippen LogP contribution in [0.3, 0.4) is 0 Å². The Morgan fingerprint density at radius 3 is 2.25 bits per heavy atom. The van der Waals surface area contributed by atoms with Crippen LogP contribution in [0.15, 0.2) is 30.3 Å². The third-order valence-corrected chi connectivity index (χ3v) is 3.98. The zero-order chi connectivity index (χ0) is 15.3. The maximum Gasteiger partial charge on any atom is 0.304 e. The first-order valence-corrected chi connectivity index (χ1v) is 7.13. The van der Waals surface area contributed by atoms with Crippen LogP contribution in [0.1, 0.15) is 26.3 Å². The summed E-state index contributed by atoms with van der Waals surface area (Å²) in [7, 11) is 0. The van der Waals surface area contributed by atoms with Crippen LogP contribution in [0.25, 0.3) is 0 Å². The Labute approximate surface area is 122 Å². The van der Waals surface area contributed by atoms with Crippen LogP contribution in [-0.2, 0) is 19.9 Å². The van der Waals surface area contributed by atoms with E-state index >= 15 is 0 Å². The van der Waals surface area contributed by atoms with E-state index in [0.29, 0.717) is 5.56 Å². The lowest BCUT2D eigenvalue weighted by Gasteiger charge is -2.35. The van der Waals surface area contributed by atoms with Crippen molar-refractivity contribution in [1.29, 1.82) is 0 Å². The maximum absolute atomic E-state index is 12.0. The Morgan fingerprint density at radius 2 is 1.85 bits per heavy atom. The van der Waals surface area contributed by atoms with Gasteiger partial charge >= 0.3 is 5.97 Å². The standard InChI is InChI=1S/C14H19NO4S/c1-9(20-11(3)17)14(13(15)18,19-10(2)16)12-7-5-4-6-8-12/h4-9,11,17H,1-3H3,(H2,15,18). The number of carbonyl (C=O) groups excluding carboxylic acids is 2. The number of amides is 1. The largest absolute Gasteiger partial charge is 0.443 e. The van der Waals surface area contributed by atoms with E-state index in [9.17, 15) is 14.7 Å². The lowest BCUT2D eigenvalue weighted by Crippen LogP contribution is -2.51. The predicted octanol–water partition coefficient (Wildman–Crippen LogP) is 1.39. The predicted molar refractivity (Wildman–Crippen MR) is 77.8 cm³/mol. The number of primary amides is 1. The quantitative estimate of drug-likeness (QED) is 0.612. The molecule has 1 aromatic carbocycles. The van der Waals surface area contributed by atoms with E-state index in [4.69, 9.17) is 10.5 Å². The van der Waals surface area contributed by atoms with E-state index in [2.05, 4.69) is 0 Å². The molecule has 1 aromatic rings. The molecule has 0 spiro atoms. The number of hydrogen-bond donors (Lipinski definition) is 2. The number of aliphatic hydroxyl groups is 1. The first-order valence-electron chi connectivity index (χ1n) is 6.19. The summed E-state index contributed by atoms with van der Waals surface area (Å²) in [6, 6.07) is 8.60. The number of hydrogen-bond acceptors (Lipinski definition) is 5. The molecule has 0 bridgehead atoms. The molecule has 20 heavy (non-hydrogen) atoms. The highest BCUT2D eigenvalue weighted by Crippen LogP contribution is 2.37. The van der Waals surface area contributed by atoms with Gasteiger partial charge in [0, 0.05) is 12.5 Å². The van der Waals surface area contributed by atoms with Crippen molar-refractivity contribution in [3.63, 3.8) is 0 Å². The first kappa shape index (κ1) is 16.5. The molecule has 1 rings (SSSR count). The van der Waals surface area contributed by atoms with Gasteiger partial charge in [0.1, 0.15) is 0 Å². The first-order chi connectivity index (χ1) is 9.30. The molecule has 0 fully saturated rings. The maximum atomic E-state index is 12.0. The molecule has 0 radical (unpaired) electrons. The molecule has 5 nitrogen and oxygen atoms in total. The Kier molecular flexibility index (Phi) is 5.59. The summed E-state index contributed by atoms with van der Waals surface area (Å²) < 4.78 is 5.30. The van der Waals surface area contributed by atoms with E-state index in [-0.39, 0.29) is 0 Å². The number of nitrogens with two attached hydrogens (primary N) is 1. The minimum absolute atomic E-state index is 0.489. The number of carbonyl (C=O) groups is 2. The summed E-state index contributed by atoms with van der Waals surface area (Å²) in [5, 5.41) is 8.98. The van der Waals surface area contributed by atoms with E-state index in [1.54, 1.807) is 44.2 Å². The van der Waals surface area contributed by atoms with Gasteiger partial charge < -0.3 is 15.6 Å². The van der Waals surface area contributed by atoms with Gasteiger partial charge in [-0.1, -0.05) is 30.3 Å². The zero-order valence-electron chi connectivity index (χ0n) is 11.7. The van der Waals surface area contributed by atoms with E-state index in [1.807, 2.05) is 0 Å². The molecule has 0 aliphatic heterocycles. The number of ether oxygens (including phenoxy) is 1. The van der Waals surface area contributed by atoms with Gasteiger partial charge in [0.05, 0.1) is 10.7 Å². The summed E-state index contributed by atoms with van der Waals surface area (Å²) >= 11 is 1.10. The van der Waals surface area contributed by atoms with Gasteiger partial charge in [0.15, 0.2) is 0 Å². The van der Waals surface area contributed by atoms with Crippen molar-refractivity contribution in [3.8, 4) is 0 Å². The van der Waals surface area contributed by atoms with Crippen LogP contribution < -0.4 is 5.73 Å². The van der Waals surface area contributed by atoms with Gasteiger partial charge in [-0.2, -0.15) is 0 Å². The van der Waals surface area contributed by atoms with Crippen molar-refractivity contribution in [2.24, 2.45) is 5.73 Å². The van der Waals surface area contributed by atoms with Crippen LogP contribution in [-0.4, -0.2) is 27.7 Å². The molecular weight excluding hydrogens is 278 g/mol. The highest BCUT2D eigenvalue weighted by atomic mass is 32.2. The fraction of sp³-hybridized carbons (Fsp3) is 0.429. The molecule has 0 saturated heterocycles. The van der Waals surface area contributed by atoms with Crippen molar-refractivity contribution >= 4 is 23.6 Å². The lowest BCUT2D eigenvalue weighted by atomic mass is 9.89. The number of aliphatic hydroxyl groups excluding tert-OH is 1. The number of esters is 1. The fourth-order valence-electron chi connectivity index (χ4n) is 2.07. The van der Waals surface area contributed by atoms with Crippen LogP contribution in [0.2, 0.25) is 0 Å². The normalized spacial score (nSPS) is 16.8. The highest BCUT2D eigenvalue weighted by Gasteiger charge is 2.48. The average molecular weight is 297 g/mol. The summed E-state index contributed by atoms with van der Waals surface area (Å²) in [6.07, 6.45) is 0. The summed E-state index contributed by atoms with van der Waals surface area (Å²) in [5.74, 6) is -1.37. The molecule has 0 saturated carbocycles. The Bertz CT molecular complexity index is 477. The van der Waals surface area contributed by atoms with Gasteiger partial charge in [-0.15, -0.1) is 11.8 Å². The fourth-order valence-corrected chi connectivity index (χ4v) is 3.16. The third kappa shape index (κ3) is 3.52. The molecule has 110 valence electrons. The zero-order valence-corrected chi connectivity index (χ0v) is 12.5. The number of rotatable bonds is 6. The molecule has 6 heteroatoms. The van der Waals surface area contributed by atoms with Crippen LogP contribution in [0.4, 0.5) is 0 Å². The highest BCUT2D eigenvalue weighted by molar-refractivity contribution is 8.00. The second kappa shape index (κ2) is 6.76. The van der Waals surface area contributed by atoms with Crippen molar-refractivity contribution in [2.45, 2.75) is 37.1 Å². The van der Waals surface area contributed by atoms with Crippen molar-refractivity contribution in [2.75, 3.05) is 0 Å². The van der Waals surface area contributed by atoms with Crippen LogP contribution in [0, 0.1) is 0 Å². The van der Waals surface area contributed by atoms with Crippen LogP contribution >= 0.6 is 11.8 Å². The molecule has 0 aliphatic rings. The van der Waals surface area contributed by atoms with Crippen molar-refractivity contribution in [3.05, 3.63) is 35.9 Å². The molecule has 3 N–H and O–H groups in total. The Balaban J connectivity index is 3.35. The Morgan fingerprint density at radius 1 is 1.30 bits per heavy atom. The third-order valence-electron chi connectivity index (χ3n) is 2.85. The summed E-state index contributed by atoms with van der Waals surface area (Å²) in [6.45, 7) is 4.49. The molecule has 0 heterocycles. The average Bonchev–Trinajstić information content (AvgIpc) is 2.35. The Hall–Kier alpha value is -1.53. The van der Waals surface area contributed by atoms with E-state index in [1.165, 1.54) is 6.92 Å². The molecule has 3 unspecified atom stereocenters. The van der Waals surface area contributed by atoms with E-state index < -0.39 is 28.2 Å². The summed E-state index contributed by atoms with van der Waals surface area (Å²) in [5.41, 5.74) is 3.68. The molecule has 0 aromatic heterocycles. The molecule has 0 aliphatic carbocycles. The number of benzene rings is 1. The van der Waals surface area contributed by atoms with Gasteiger partial charge in [-0.25, -0.2) is 0 Å². The van der Waals surface area contributed by atoms with E-state index in [0.717, 1.165) is 11.8 Å². The number of thioether (sulfide) groups is 1. The molecule has 3 atom stereocenters. The van der Waals surface area contributed by atoms with Gasteiger partial charge in [0.2, 0.25) is 5.60 Å². The van der Waals surface area contributed by atoms with Crippen LogP contribution in [0.5, 0.6) is 0 Å². The van der Waals surface area contributed by atoms with Gasteiger partial charge in [0.25, 0.3) is 5.91 Å². The second-order valence-corrected chi connectivity index (χ2v) is 6.10. The van der Waals surface area contributed by atoms with Gasteiger partial charge in [-0.3, -0.25) is 9.59 Å². The summed E-state index contributed by atoms with van der Waals surface area (Å²) in [4.78, 5) is 23.5. The SMILES string of the molecule is CC(=O)OC(C(N)=O)(c1ccccc1)C(C)SC(C)O. The van der Waals surface area contributed by atoms with Crippen molar-refractivity contribution < 1.29 is 19.4 Å². The van der Waals surface area contributed by atoms with Gasteiger partial charge in [-0.05, 0) is 13.8 Å². The molecule has 1 amide bonds. The topological polar surface area (TPSA) is 89.6 Å². The minimum atomic E-state index is -1.60. The monoisotopic (exact) mass is 297 g/mol. The second-order valence-electron chi connectivity index (χ2n) is 4.44. The smallest absolute Gasteiger partial charge is 0.304 e. The van der Waals surface area contributed by atoms with Crippen molar-refractivity contribution in [1.82, 2.24) is 0 Å².